The molecule has 14 heavy (non-hydrogen) atoms. The van der Waals surface area contributed by atoms with Gasteiger partial charge in [0.25, 0.3) is 0 Å². The first-order valence-electron chi connectivity index (χ1n) is 5.18. The Hall–Kier alpha value is -1.02. The lowest BCUT2D eigenvalue weighted by Gasteiger charge is -2.21. The second-order valence-electron chi connectivity index (χ2n) is 3.44. The fourth-order valence-electron chi connectivity index (χ4n) is 1.64. The lowest BCUT2D eigenvalue weighted by molar-refractivity contribution is 0.281. The Kier molecular flexibility index (Phi) is 3.96. The second kappa shape index (κ2) is 5.01. The molecule has 0 saturated carbocycles. The highest BCUT2D eigenvalue weighted by molar-refractivity contribution is 5.50. The lowest BCUT2D eigenvalue weighted by Crippen LogP contribution is -2.21. The Bertz CT molecular complexity index is 292. The lowest BCUT2D eigenvalue weighted by atomic mass is 10.1. The minimum Gasteiger partial charge on any atom is -0.392 e. The molecule has 0 atom stereocenters. The van der Waals surface area contributed by atoms with E-state index in [4.69, 9.17) is 5.11 Å². The third-order valence-electron chi connectivity index (χ3n) is 2.63. The van der Waals surface area contributed by atoms with Crippen LogP contribution in [0.3, 0.4) is 0 Å². The predicted octanol–water partition coefficient (Wildman–Crippen LogP) is 2.33. The van der Waals surface area contributed by atoms with E-state index in [1.54, 1.807) is 0 Å². The van der Waals surface area contributed by atoms with Crippen LogP contribution in [0.2, 0.25) is 0 Å². The highest BCUT2D eigenvalue weighted by Crippen LogP contribution is 2.18. The number of aryl methyl sites for hydroxylation is 1. The van der Waals surface area contributed by atoms with E-state index in [9.17, 15) is 0 Å². The second-order valence-corrected chi connectivity index (χ2v) is 3.44. The maximum Gasteiger partial charge on any atom is 0.0684 e. The van der Waals surface area contributed by atoms with Gasteiger partial charge in [-0.15, -0.1) is 0 Å². The van der Waals surface area contributed by atoms with Crippen LogP contribution in [0, 0.1) is 6.92 Å². The quantitative estimate of drug-likeness (QED) is 0.793. The van der Waals surface area contributed by atoms with Gasteiger partial charge in [-0.05, 0) is 44.0 Å². The maximum atomic E-state index is 9.05. The topological polar surface area (TPSA) is 23.5 Å². The number of anilines is 1. The van der Waals surface area contributed by atoms with Gasteiger partial charge in [0.15, 0.2) is 0 Å². The number of hydrogen-bond acceptors (Lipinski definition) is 2. The zero-order valence-corrected chi connectivity index (χ0v) is 9.25. The summed E-state index contributed by atoms with van der Waals surface area (Å²) >= 11 is 0. The van der Waals surface area contributed by atoms with Crippen LogP contribution in [-0.2, 0) is 6.61 Å². The summed E-state index contributed by atoms with van der Waals surface area (Å²) in [6.45, 7) is 8.52. The molecule has 0 aromatic heterocycles. The van der Waals surface area contributed by atoms with E-state index in [1.165, 1.54) is 5.69 Å². The number of hydrogen-bond donors (Lipinski definition) is 1. The Balaban J connectivity index is 2.95. The summed E-state index contributed by atoms with van der Waals surface area (Å²) in [5, 5.41) is 9.05. The van der Waals surface area contributed by atoms with Crippen LogP contribution < -0.4 is 4.90 Å². The van der Waals surface area contributed by atoms with Gasteiger partial charge in [-0.1, -0.05) is 6.07 Å². The molecule has 1 aromatic rings. The summed E-state index contributed by atoms with van der Waals surface area (Å²) in [5.41, 5.74) is 3.42. The molecule has 0 aliphatic carbocycles. The van der Waals surface area contributed by atoms with Gasteiger partial charge in [0.2, 0.25) is 0 Å². The highest BCUT2D eigenvalue weighted by atomic mass is 16.3. The molecule has 0 aliphatic rings. The van der Waals surface area contributed by atoms with Crippen molar-refractivity contribution in [3.8, 4) is 0 Å². The van der Waals surface area contributed by atoms with Crippen LogP contribution in [0.15, 0.2) is 18.2 Å². The van der Waals surface area contributed by atoms with Gasteiger partial charge in [-0.25, -0.2) is 0 Å². The van der Waals surface area contributed by atoms with Gasteiger partial charge < -0.3 is 10.0 Å². The molecule has 78 valence electrons. The maximum absolute atomic E-state index is 9.05. The van der Waals surface area contributed by atoms with Crippen molar-refractivity contribution in [3.63, 3.8) is 0 Å². The molecule has 0 fully saturated rings. The van der Waals surface area contributed by atoms with Crippen molar-refractivity contribution in [2.75, 3.05) is 18.0 Å². The first kappa shape index (κ1) is 11.1. The van der Waals surface area contributed by atoms with Crippen molar-refractivity contribution >= 4 is 5.69 Å². The molecular formula is C12H19NO. The molecule has 0 bridgehead atoms. The normalized spacial score (nSPS) is 10.3. The van der Waals surface area contributed by atoms with Crippen LogP contribution >= 0.6 is 0 Å². The van der Waals surface area contributed by atoms with E-state index < -0.39 is 0 Å². The Morgan fingerprint density at radius 1 is 1.21 bits per heavy atom. The van der Waals surface area contributed by atoms with E-state index in [-0.39, 0.29) is 6.61 Å². The largest absolute Gasteiger partial charge is 0.392 e. The van der Waals surface area contributed by atoms with Crippen molar-refractivity contribution < 1.29 is 5.11 Å². The van der Waals surface area contributed by atoms with Gasteiger partial charge in [0.1, 0.15) is 0 Å². The molecule has 0 heterocycles. The van der Waals surface area contributed by atoms with Gasteiger partial charge >= 0.3 is 0 Å². The van der Waals surface area contributed by atoms with E-state index in [2.05, 4.69) is 30.9 Å². The molecule has 2 nitrogen and oxygen atoms in total. The average Bonchev–Trinajstić information content (AvgIpc) is 2.20. The third-order valence-corrected chi connectivity index (χ3v) is 2.63. The molecule has 0 unspecified atom stereocenters. The number of rotatable bonds is 4. The molecule has 0 saturated heterocycles. The molecule has 0 aliphatic heterocycles. The van der Waals surface area contributed by atoms with Crippen LogP contribution in [0.25, 0.3) is 0 Å². The van der Waals surface area contributed by atoms with Crippen LogP contribution in [0.4, 0.5) is 5.69 Å². The molecule has 1 N–H and O–H groups in total. The van der Waals surface area contributed by atoms with E-state index in [0.717, 1.165) is 24.2 Å². The number of aliphatic hydroxyl groups is 1. The molecule has 0 spiro atoms. The van der Waals surface area contributed by atoms with Crippen molar-refractivity contribution in [2.45, 2.75) is 27.4 Å². The van der Waals surface area contributed by atoms with Gasteiger partial charge in [-0.3, -0.25) is 0 Å². The predicted molar refractivity (Wildman–Crippen MR) is 60.7 cm³/mol. The van der Waals surface area contributed by atoms with E-state index in [1.807, 2.05) is 13.0 Å². The first-order valence-corrected chi connectivity index (χ1v) is 5.18. The standard InChI is InChI=1S/C12H19NO/c1-4-13(5-2)12-7-6-11(9-14)10(3)8-12/h6-8,14H,4-5,9H2,1-3H3. The minimum atomic E-state index is 0.129. The van der Waals surface area contributed by atoms with Crippen LogP contribution in [-0.4, -0.2) is 18.2 Å². The van der Waals surface area contributed by atoms with Crippen LogP contribution in [0.1, 0.15) is 25.0 Å². The van der Waals surface area contributed by atoms with Gasteiger partial charge in [-0.2, -0.15) is 0 Å². The summed E-state index contributed by atoms with van der Waals surface area (Å²) in [6, 6.07) is 6.22. The monoisotopic (exact) mass is 193 g/mol. The summed E-state index contributed by atoms with van der Waals surface area (Å²) in [6.07, 6.45) is 0. The summed E-state index contributed by atoms with van der Waals surface area (Å²) in [7, 11) is 0. The number of benzene rings is 1. The fraction of sp³-hybridized carbons (Fsp3) is 0.500. The summed E-state index contributed by atoms with van der Waals surface area (Å²) < 4.78 is 0. The zero-order chi connectivity index (χ0) is 10.6. The van der Waals surface area contributed by atoms with E-state index in [0.29, 0.717) is 0 Å². The molecular weight excluding hydrogens is 174 g/mol. The van der Waals surface area contributed by atoms with Crippen molar-refractivity contribution in [3.05, 3.63) is 29.3 Å². The fourth-order valence-corrected chi connectivity index (χ4v) is 1.64. The van der Waals surface area contributed by atoms with Gasteiger partial charge in [0, 0.05) is 18.8 Å². The number of nitrogens with zero attached hydrogens (tertiary/aromatic N) is 1. The van der Waals surface area contributed by atoms with E-state index >= 15 is 0 Å². The smallest absolute Gasteiger partial charge is 0.0684 e. The highest BCUT2D eigenvalue weighted by Gasteiger charge is 2.03. The summed E-state index contributed by atoms with van der Waals surface area (Å²) in [4.78, 5) is 2.30. The molecule has 1 rings (SSSR count). The first-order chi connectivity index (χ1) is 6.72. The molecule has 2 heteroatoms. The Morgan fingerprint density at radius 3 is 2.29 bits per heavy atom. The van der Waals surface area contributed by atoms with Crippen molar-refractivity contribution in [2.24, 2.45) is 0 Å². The van der Waals surface area contributed by atoms with Crippen molar-refractivity contribution in [1.82, 2.24) is 0 Å². The molecule has 0 radical (unpaired) electrons. The third kappa shape index (κ3) is 2.26. The average molecular weight is 193 g/mol. The number of aliphatic hydroxyl groups excluding tert-OH is 1. The van der Waals surface area contributed by atoms with Crippen molar-refractivity contribution in [1.29, 1.82) is 0 Å². The molecule has 0 amide bonds. The SMILES string of the molecule is CCN(CC)c1ccc(CO)c(C)c1. The van der Waals surface area contributed by atoms with Crippen LogP contribution in [0.5, 0.6) is 0 Å². The minimum absolute atomic E-state index is 0.129. The Morgan fingerprint density at radius 2 is 1.86 bits per heavy atom. The summed E-state index contributed by atoms with van der Waals surface area (Å²) in [5.74, 6) is 0. The Labute approximate surface area is 86.2 Å². The molecule has 1 aromatic carbocycles. The van der Waals surface area contributed by atoms with Gasteiger partial charge in [0.05, 0.1) is 6.61 Å². The zero-order valence-electron chi connectivity index (χ0n) is 9.25.